The maximum absolute atomic E-state index is 10.8. The first-order valence-electron chi connectivity index (χ1n) is 3.19. The fourth-order valence-electron chi connectivity index (χ4n) is 0.407. The molecular weight excluding hydrogens is 150 g/mol. The molecule has 0 amide bonds. The molecule has 0 aromatic heterocycles. The van der Waals surface area contributed by atoms with Crippen LogP contribution in [-0.2, 0) is 4.79 Å². The topological polar surface area (TPSA) is 43.1 Å². The molecule has 0 bridgehead atoms. The van der Waals surface area contributed by atoms with E-state index in [1.807, 2.05) is 13.8 Å². The number of nitrogens with two attached hydrogens (primary N) is 1. The molecule has 3 heteroatoms. The maximum atomic E-state index is 10.8. The highest BCUT2D eigenvalue weighted by Gasteiger charge is 2.27. The average molecular weight is 166 g/mol. The second-order valence-corrected chi connectivity index (χ2v) is 2.99. The zero-order valence-corrected chi connectivity index (χ0v) is 7.79. The third-order valence-corrected chi connectivity index (χ3v) is 1.96. The van der Waals surface area contributed by atoms with E-state index in [1.165, 1.54) is 6.92 Å². The van der Waals surface area contributed by atoms with Crippen molar-refractivity contribution in [3.8, 4) is 0 Å². The van der Waals surface area contributed by atoms with Crippen LogP contribution in [0.15, 0.2) is 0 Å². The second kappa shape index (κ2) is 3.94. The Morgan fingerprint density at radius 3 is 1.80 bits per heavy atom. The lowest BCUT2D eigenvalue weighted by molar-refractivity contribution is -0.122. The highest BCUT2D eigenvalue weighted by molar-refractivity contribution is 5.85. The molecule has 0 heterocycles. The molecule has 0 rings (SSSR count). The molecule has 0 fully saturated rings. The van der Waals surface area contributed by atoms with E-state index in [0.29, 0.717) is 0 Å². The van der Waals surface area contributed by atoms with E-state index >= 15 is 0 Å². The third-order valence-electron chi connectivity index (χ3n) is 1.96. The van der Waals surface area contributed by atoms with Gasteiger partial charge in [-0.15, -0.1) is 12.4 Å². The smallest absolute Gasteiger partial charge is 0.149 e. The Hall–Kier alpha value is -0.0800. The number of Topliss-reactive ketones (excluding diaryl/α,β-unsaturated/α-hetero) is 1. The van der Waals surface area contributed by atoms with E-state index < -0.39 is 5.54 Å². The quantitative estimate of drug-likeness (QED) is 0.672. The summed E-state index contributed by atoms with van der Waals surface area (Å²) in [5.41, 5.74) is 5.01. The van der Waals surface area contributed by atoms with Crippen molar-refractivity contribution in [3.63, 3.8) is 0 Å². The Labute approximate surface area is 68.6 Å². The van der Waals surface area contributed by atoms with Crippen LogP contribution in [0.3, 0.4) is 0 Å². The van der Waals surface area contributed by atoms with Crippen molar-refractivity contribution in [1.82, 2.24) is 0 Å². The lowest BCUT2D eigenvalue weighted by Gasteiger charge is -2.25. The van der Waals surface area contributed by atoms with Gasteiger partial charge in [0.05, 0.1) is 5.54 Å². The van der Waals surface area contributed by atoms with Gasteiger partial charge in [0.15, 0.2) is 0 Å². The monoisotopic (exact) mass is 165 g/mol. The summed E-state index contributed by atoms with van der Waals surface area (Å²) in [5, 5.41) is 0. The van der Waals surface area contributed by atoms with Gasteiger partial charge in [0.1, 0.15) is 5.78 Å². The zero-order chi connectivity index (χ0) is 7.65. The van der Waals surface area contributed by atoms with Crippen molar-refractivity contribution in [2.45, 2.75) is 33.2 Å². The Morgan fingerprint density at radius 1 is 1.50 bits per heavy atom. The van der Waals surface area contributed by atoms with Crippen LogP contribution in [-0.4, -0.2) is 11.3 Å². The van der Waals surface area contributed by atoms with Crippen LogP contribution in [0.25, 0.3) is 0 Å². The molecule has 1 unspecified atom stereocenters. The standard InChI is InChI=1S/C7H15NO.ClH/c1-5(2)7(4,8)6(3)9;/h5H,8H2,1-4H3;1H. The SMILES string of the molecule is CC(=O)C(C)(N)C(C)C.Cl. The number of hydrogen-bond donors (Lipinski definition) is 1. The van der Waals surface area contributed by atoms with Gasteiger partial charge in [0.2, 0.25) is 0 Å². The van der Waals surface area contributed by atoms with Crippen molar-refractivity contribution in [2.24, 2.45) is 11.7 Å². The first kappa shape index (κ1) is 12.6. The highest BCUT2D eigenvalue weighted by Crippen LogP contribution is 2.12. The number of halogens is 1. The van der Waals surface area contributed by atoms with Crippen LogP contribution in [0, 0.1) is 5.92 Å². The molecule has 10 heavy (non-hydrogen) atoms. The number of ketones is 1. The molecule has 1 atom stereocenters. The predicted octanol–water partition coefficient (Wildman–Crippen LogP) is 1.37. The highest BCUT2D eigenvalue weighted by atomic mass is 35.5. The van der Waals surface area contributed by atoms with E-state index in [9.17, 15) is 4.79 Å². The van der Waals surface area contributed by atoms with Gasteiger partial charge >= 0.3 is 0 Å². The zero-order valence-electron chi connectivity index (χ0n) is 6.97. The first-order valence-corrected chi connectivity index (χ1v) is 3.19. The summed E-state index contributed by atoms with van der Waals surface area (Å²) in [5.74, 6) is 0.271. The molecule has 0 saturated carbocycles. The normalized spacial score (nSPS) is 15.8. The van der Waals surface area contributed by atoms with E-state index in [0.717, 1.165) is 0 Å². The minimum atomic E-state index is -0.639. The van der Waals surface area contributed by atoms with Gasteiger partial charge in [-0.25, -0.2) is 0 Å². The summed E-state index contributed by atoms with van der Waals surface area (Å²) in [4.78, 5) is 10.8. The van der Waals surface area contributed by atoms with Crippen molar-refractivity contribution in [2.75, 3.05) is 0 Å². The van der Waals surface area contributed by atoms with Gasteiger partial charge < -0.3 is 5.73 Å². The van der Waals surface area contributed by atoms with Crippen LogP contribution in [0.1, 0.15) is 27.7 Å². The lowest BCUT2D eigenvalue weighted by atomic mass is 9.86. The van der Waals surface area contributed by atoms with Crippen LogP contribution < -0.4 is 5.73 Å². The van der Waals surface area contributed by atoms with Crippen LogP contribution in [0.4, 0.5) is 0 Å². The molecule has 0 aliphatic heterocycles. The van der Waals surface area contributed by atoms with Gasteiger partial charge in [-0.1, -0.05) is 13.8 Å². The van der Waals surface area contributed by atoms with E-state index in [1.54, 1.807) is 6.92 Å². The first-order chi connectivity index (χ1) is 3.89. The van der Waals surface area contributed by atoms with Crippen LogP contribution in [0.5, 0.6) is 0 Å². The fraction of sp³-hybridized carbons (Fsp3) is 0.857. The molecule has 0 aliphatic carbocycles. The van der Waals surface area contributed by atoms with Gasteiger partial charge in [0, 0.05) is 0 Å². The molecular formula is C7H16ClNO. The van der Waals surface area contributed by atoms with E-state index in [4.69, 9.17) is 5.73 Å². The number of carbonyl (C=O) groups excluding carboxylic acids is 1. The summed E-state index contributed by atoms with van der Waals surface area (Å²) < 4.78 is 0. The van der Waals surface area contributed by atoms with Gasteiger partial charge in [-0.05, 0) is 19.8 Å². The van der Waals surface area contributed by atoms with Crippen LogP contribution in [0.2, 0.25) is 0 Å². The molecule has 0 aromatic rings. The van der Waals surface area contributed by atoms with Crippen LogP contribution >= 0.6 is 12.4 Å². The fourth-order valence-corrected chi connectivity index (χ4v) is 0.407. The summed E-state index contributed by atoms with van der Waals surface area (Å²) in [6, 6.07) is 0. The van der Waals surface area contributed by atoms with Crippen molar-refractivity contribution >= 4 is 18.2 Å². The minimum Gasteiger partial charge on any atom is -0.319 e. The molecule has 62 valence electrons. The Balaban J connectivity index is 0. The van der Waals surface area contributed by atoms with E-state index in [2.05, 4.69) is 0 Å². The largest absolute Gasteiger partial charge is 0.319 e. The molecule has 0 radical (unpaired) electrons. The number of rotatable bonds is 2. The molecule has 0 aromatic carbocycles. The molecule has 0 spiro atoms. The van der Waals surface area contributed by atoms with Crippen molar-refractivity contribution < 1.29 is 4.79 Å². The van der Waals surface area contributed by atoms with Crippen molar-refractivity contribution in [3.05, 3.63) is 0 Å². The summed E-state index contributed by atoms with van der Waals surface area (Å²) in [6.07, 6.45) is 0. The number of hydrogen-bond acceptors (Lipinski definition) is 2. The Kier molecular flexibility index (Phi) is 4.96. The Bertz CT molecular complexity index is 121. The molecule has 0 saturated heterocycles. The lowest BCUT2D eigenvalue weighted by Crippen LogP contribution is -2.48. The molecule has 2 nitrogen and oxygen atoms in total. The summed E-state index contributed by atoms with van der Waals surface area (Å²) in [7, 11) is 0. The van der Waals surface area contributed by atoms with Crippen molar-refractivity contribution in [1.29, 1.82) is 0 Å². The predicted molar refractivity (Wildman–Crippen MR) is 45.4 cm³/mol. The Morgan fingerprint density at radius 2 is 1.80 bits per heavy atom. The van der Waals surface area contributed by atoms with Gasteiger partial charge in [-0.3, -0.25) is 4.79 Å². The third kappa shape index (κ3) is 2.67. The molecule has 2 N–H and O–H groups in total. The molecule has 0 aliphatic rings. The second-order valence-electron chi connectivity index (χ2n) is 2.99. The summed E-state index contributed by atoms with van der Waals surface area (Å²) >= 11 is 0. The minimum absolute atomic E-state index is 0. The van der Waals surface area contributed by atoms with Gasteiger partial charge in [0.25, 0.3) is 0 Å². The summed E-state index contributed by atoms with van der Waals surface area (Å²) in [6.45, 7) is 7.18. The maximum Gasteiger partial charge on any atom is 0.149 e. The average Bonchev–Trinajstić information content (AvgIpc) is 1.65. The van der Waals surface area contributed by atoms with Gasteiger partial charge in [-0.2, -0.15) is 0 Å². The number of carbonyl (C=O) groups is 1. The van der Waals surface area contributed by atoms with E-state index in [-0.39, 0.29) is 24.1 Å².